The van der Waals surface area contributed by atoms with Crippen LogP contribution in [0.2, 0.25) is 0 Å². The van der Waals surface area contributed by atoms with Gasteiger partial charge in [-0.1, -0.05) is 18.2 Å². The van der Waals surface area contributed by atoms with Crippen LogP contribution in [0.4, 0.5) is 5.69 Å². The first kappa shape index (κ1) is 13.6. The van der Waals surface area contributed by atoms with E-state index in [0.717, 1.165) is 30.3 Å². The Morgan fingerprint density at radius 3 is 2.33 bits per heavy atom. The third-order valence-electron chi connectivity index (χ3n) is 3.46. The normalized spacial score (nSPS) is 14.3. The second kappa shape index (κ2) is 6.41. The smallest absolute Gasteiger partial charge is 0.224 e. The summed E-state index contributed by atoms with van der Waals surface area (Å²) in [5, 5.41) is 6.07. The topological polar surface area (TPSA) is 50.4 Å². The monoisotopic (exact) mass is 282 g/mol. The summed E-state index contributed by atoms with van der Waals surface area (Å²) in [7, 11) is 0. The molecule has 3 rings (SSSR count). The van der Waals surface area contributed by atoms with Crippen molar-refractivity contribution in [1.82, 2.24) is 5.32 Å². The summed E-state index contributed by atoms with van der Waals surface area (Å²) in [6.07, 6.45) is 0.579. The molecule has 1 aliphatic rings. The molecule has 2 N–H and O–H groups in total. The summed E-state index contributed by atoms with van der Waals surface area (Å²) in [5.41, 5.74) is 0.799. The number of hydrogen-bond donors (Lipinski definition) is 2. The van der Waals surface area contributed by atoms with Gasteiger partial charge in [-0.2, -0.15) is 0 Å². The Morgan fingerprint density at radius 2 is 1.71 bits per heavy atom. The summed E-state index contributed by atoms with van der Waals surface area (Å²) in [6.45, 7) is 1.88. The molecule has 4 nitrogen and oxygen atoms in total. The summed E-state index contributed by atoms with van der Waals surface area (Å²) < 4.78 is 5.71. The number of amides is 1. The molecule has 2 aromatic rings. The number of nitrogens with one attached hydrogen (secondary N) is 2. The zero-order chi connectivity index (χ0) is 14.5. The van der Waals surface area contributed by atoms with Crippen LogP contribution < -0.4 is 15.4 Å². The largest absolute Gasteiger partial charge is 0.457 e. The number of benzene rings is 2. The Kier molecular flexibility index (Phi) is 4.17. The van der Waals surface area contributed by atoms with Gasteiger partial charge in [-0.3, -0.25) is 4.79 Å². The summed E-state index contributed by atoms with van der Waals surface area (Å²) in [6, 6.07) is 17.0. The number of ether oxygens (including phenoxy) is 1. The van der Waals surface area contributed by atoms with Gasteiger partial charge < -0.3 is 15.4 Å². The summed E-state index contributed by atoms with van der Waals surface area (Å²) >= 11 is 0. The van der Waals surface area contributed by atoms with Crippen LogP contribution in [-0.4, -0.2) is 19.0 Å². The Labute approximate surface area is 124 Å². The number of carbonyl (C=O) groups excluding carboxylic acids is 1. The fraction of sp³-hybridized carbons (Fsp3) is 0.235. The number of para-hydroxylation sites is 1. The van der Waals surface area contributed by atoms with Crippen molar-refractivity contribution < 1.29 is 9.53 Å². The molecule has 0 spiro atoms. The van der Waals surface area contributed by atoms with Crippen molar-refractivity contribution in [1.29, 1.82) is 0 Å². The molecule has 0 aromatic heterocycles. The van der Waals surface area contributed by atoms with Crippen molar-refractivity contribution in [3.8, 4) is 11.5 Å². The average Bonchev–Trinajstić information content (AvgIpc) is 2.46. The van der Waals surface area contributed by atoms with Crippen molar-refractivity contribution in [3.05, 3.63) is 54.6 Å². The first-order valence-corrected chi connectivity index (χ1v) is 7.13. The predicted molar refractivity (Wildman–Crippen MR) is 82.6 cm³/mol. The van der Waals surface area contributed by atoms with Crippen LogP contribution in [0.3, 0.4) is 0 Å². The number of hydrogen-bond acceptors (Lipinski definition) is 3. The van der Waals surface area contributed by atoms with Crippen LogP contribution in [0.25, 0.3) is 0 Å². The predicted octanol–water partition coefficient (Wildman–Crippen LogP) is 3.03. The van der Waals surface area contributed by atoms with Crippen LogP contribution in [-0.2, 0) is 4.79 Å². The highest BCUT2D eigenvalue weighted by Crippen LogP contribution is 2.22. The highest BCUT2D eigenvalue weighted by atomic mass is 16.5. The van der Waals surface area contributed by atoms with Gasteiger partial charge in [0, 0.05) is 12.1 Å². The van der Waals surface area contributed by atoms with Crippen molar-refractivity contribution in [2.75, 3.05) is 18.4 Å². The minimum absolute atomic E-state index is 0.0678. The maximum atomic E-state index is 11.8. The van der Waals surface area contributed by atoms with E-state index in [4.69, 9.17) is 4.74 Å². The standard InChI is InChI=1S/C17H18N2O2/c20-17(10-13-11-18-12-13)19-14-6-8-16(9-7-14)21-15-4-2-1-3-5-15/h1-9,13,18H,10-12H2,(H,19,20). The minimum Gasteiger partial charge on any atom is -0.457 e. The van der Waals surface area contributed by atoms with Gasteiger partial charge in [0.05, 0.1) is 0 Å². The van der Waals surface area contributed by atoms with E-state index in [1.54, 1.807) is 0 Å². The Bertz CT molecular complexity index is 592. The van der Waals surface area contributed by atoms with Crippen LogP contribution in [0.15, 0.2) is 54.6 Å². The van der Waals surface area contributed by atoms with E-state index < -0.39 is 0 Å². The Hall–Kier alpha value is -2.33. The van der Waals surface area contributed by atoms with Crippen molar-refractivity contribution in [2.24, 2.45) is 5.92 Å². The van der Waals surface area contributed by atoms with E-state index in [0.29, 0.717) is 12.3 Å². The zero-order valence-corrected chi connectivity index (χ0v) is 11.7. The second-order valence-corrected chi connectivity index (χ2v) is 5.22. The maximum absolute atomic E-state index is 11.8. The maximum Gasteiger partial charge on any atom is 0.224 e. The van der Waals surface area contributed by atoms with Gasteiger partial charge in [-0.25, -0.2) is 0 Å². The summed E-state index contributed by atoms with van der Waals surface area (Å²) in [5.74, 6) is 2.10. The fourth-order valence-corrected chi connectivity index (χ4v) is 2.20. The van der Waals surface area contributed by atoms with Crippen LogP contribution in [0.5, 0.6) is 11.5 Å². The van der Waals surface area contributed by atoms with E-state index in [1.165, 1.54) is 0 Å². The van der Waals surface area contributed by atoms with Crippen molar-refractivity contribution in [3.63, 3.8) is 0 Å². The van der Waals surface area contributed by atoms with Gasteiger partial charge in [0.1, 0.15) is 11.5 Å². The highest BCUT2D eigenvalue weighted by molar-refractivity contribution is 5.91. The number of carbonyl (C=O) groups is 1. The molecule has 108 valence electrons. The Morgan fingerprint density at radius 1 is 1.05 bits per heavy atom. The molecule has 4 heteroatoms. The van der Waals surface area contributed by atoms with Gasteiger partial charge in [0.25, 0.3) is 0 Å². The zero-order valence-electron chi connectivity index (χ0n) is 11.7. The lowest BCUT2D eigenvalue weighted by atomic mass is 9.99. The number of anilines is 1. The molecule has 2 aromatic carbocycles. The fourth-order valence-electron chi connectivity index (χ4n) is 2.20. The third-order valence-corrected chi connectivity index (χ3v) is 3.46. The van der Waals surface area contributed by atoms with E-state index >= 15 is 0 Å². The molecule has 1 fully saturated rings. The SMILES string of the molecule is O=C(CC1CNC1)Nc1ccc(Oc2ccccc2)cc1. The molecule has 0 aliphatic carbocycles. The molecule has 21 heavy (non-hydrogen) atoms. The minimum atomic E-state index is 0.0678. The van der Waals surface area contributed by atoms with Gasteiger partial charge >= 0.3 is 0 Å². The molecule has 1 aliphatic heterocycles. The first-order chi connectivity index (χ1) is 10.3. The molecule has 0 unspecified atom stereocenters. The van der Waals surface area contributed by atoms with E-state index in [1.807, 2.05) is 54.6 Å². The molecule has 0 saturated carbocycles. The molecule has 0 radical (unpaired) electrons. The first-order valence-electron chi connectivity index (χ1n) is 7.13. The molecule has 1 heterocycles. The van der Waals surface area contributed by atoms with Crippen LogP contribution in [0, 0.1) is 5.92 Å². The molecule has 0 atom stereocenters. The van der Waals surface area contributed by atoms with Crippen molar-refractivity contribution in [2.45, 2.75) is 6.42 Å². The third kappa shape index (κ3) is 3.83. The molecule has 1 amide bonds. The van der Waals surface area contributed by atoms with Crippen molar-refractivity contribution >= 4 is 11.6 Å². The van der Waals surface area contributed by atoms with Gasteiger partial charge in [-0.15, -0.1) is 0 Å². The molecular formula is C17H18N2O2. The van der Waals surface area contributed by atoms with E-state index in [2.05, 4.69) is 10.6 Å². The summed E-state index contributed by atoms with van der Waals surface area (Å²) in [4.78, 5) is 11.8. The average molecular weight is 282 g/mol. The second-order valence-electron chi connectivity index (χ2n) is 5.22. The lowest BCUT2D eigenvalue weighted by Crippen LogP contribution is -2.43. The van der Waals surface area contributed by atoms with Crippen LogP contribution in [0.1, 0.15) is 6.42 Å². The van der Waals surface area contributed by atoms with Gasteiger partial charge in [-0.05, 0) is 55.4 Å². The molecular weight excluding hydrogens is 264 g/mol. The number of rotatable bonds is 5. The van der Waals surface area contributed by atoms with Gasteiger partial charge in [0.15, 0.2) is 0 Å². The molecule has 1 saturated heterocycles. The lowest BCUT2D eigenvalue weighted by Gasteiger charge is -2.26. The van der Waals surface area contributed by atoms with E-state index in [-0.39, 0.29) is 5.91 Å². The highest BCUT2D eigenvalue weighted by Gasteiger charge is 2.19. The Balaban J connectivity index is 1.55. The molecule has 0 bridgehead atoms. The van der Waals surface area contributed by atoms with Crippen LogP contribution >= 0.6 is 0 Å². The van der Waals surface area contributed by atoms with Gasteiger partial charge in [0.2, 0.25) is 5.91 Å². The van der Waals surface area contributed by atoms with E-state index in [9.17, 15) is 4.79 Å². The quantitative estimate of drug-likeness (QED) is 0.886. The lowest BCUT2D eigenvalue weighted by molar-refractivity contribution is -0.117.